The van der Waals surface area contributed by atoms with Gasteiger partial charge in [-0.15, -0.1) is 0 Å². The third-order valence-electron chi connectivity index (χ3n) is 5.81. The minimum Gasteiger partial charge on any atom is -0.352 e. The molecule has 172 valence electrons. The highest BCUT2D eigenvalue weighted by atomic mass is 32.2. The van der Waals surface area contributed by atoms with E-state index in [1.165, 1.54) is 6.07 Å². The quantitative estimate of drug-likeness (QED) is 0.664. The summed E-state index contributed by atoms with van der Waals surface area (Å²) in [5.41, 5.74) is 2.13. The summed E-state index contributed by atoms with van der Waals surface area (Å²) < 4.78 is 28.4. The Labute approximate surface area is 190 Å². The number of benzene rings is 2. The summed E-state index contributed by atoms with van der Waals surface area (Å²) in [6.07, 6.45) is 2.19. The van der Waals surface area contributed by atoms with E-state index < -0.39 is 16.1 Å². The fourth-order valence-corrected chi connectivity index (χ4v) is 5.19. The van der Waals surface area contributed by atoms with Crippen LogP contribution < -0.4 is 10.0 Å². The molecule has 0 unspecified atom stereocenters. The normalized spacial score (nSPS) is 17.1. The number of amides is 2. The van der Waals surface area contributed by atoms with Gasteiger partial charge < -0.3 is 10.2 Å². The molecule has 0 aromatic heterocycles. The summed E-state index contributed by atoms with van der Waals surface area (Å²) in [6, 6.07) is 11.2. The number of nitrogens with one attached hydrogen (secondary N) is 2. The van der Waals surface area contributed by atoms with Gasteiger partial charge in [0.25, 0.3) is 15.9 Å². The smallest absolute Gasteiger partial charge is 0.262 e. The van der Waals surface area contributed by atoms with Crippen LogP contribution >= 0.6 is 0 Å². The molecule has 1 heterocycles. The summed E-state index contributed by atoms with van der Waals surface area (Å²) in [7, 11) is -3.81. The van der Waals surface area contributed by atoms with Crippen LogP contribution in [-0.2, 0) is 14.8 Å². The monoisotopic (exact) mass is 457 g/mol. The fourth-order valence-electron chi connectivity index (χ4n) is 3.81. The molecular formula is C24H31N3O4S. The Balaban J connectivity index is 1.80. The molecule has 32 heavy (non-hydrogen) atoms. The standard InChI is InChI=1S/C24H31N3O4S/c1-5-18(4)25-23(28)21-10-7-13-27(21)24(29)19-8-6-9-20(15-19)26-32(30,31)22-14-16(2)11-12-17(22)3/h6,8-9,11-12,14-15,18,21,26H,5,7,10,13H2,1-4H3,(H,25,28)/t18-,21+/m1/s1. The van der Waals surface area contributed by atoms with Crippen molar-refractivity contribution in [1.82, 2.24) is 10.2 Å². The van der Waals surface area contributed by atoms with Crippen LogP contribution in [0.5, 0.6) is 0 Å². The van der Waals surface area contributed by atoms with E-state index in [4.69, 9.17) is 0 Å². The van der Waals surface area contributed by atoms with E-state index >= 15 is 0 Å². The lowest BCUT2D eigenvalue weighted by Gasteiger charge is -2.25. The van der Waals surface area contributed by atoms with Gasteiger partial charge in [0.1, 0.15) is 6.04 Å². The first-order chi connectivity index (χ1) is 15.1. The molecule has 0 aliphatic carbocycles. The number of sulfonamides is 1. The summed E-state index contributed by atoms with van der Waals surface area (Å²) in [5, 5.41) is 2.95. The van der Waals surface area contributed by atoms with Crippen LogP contribution in [-0.4, -0.2) is 43.8 Å². The zero-order chi connectivity index (χ0) is 23.5. The predicted octanol–water partition coefficient (Wildman–Crippen LogP) is 3.62. The molecule has 1 fully saturated rings. The average Bonchev–Trinajstić information content (AvgIpc) is 3.24. The van der Waals surface area contributed by atoms with Gasteiger partial charge in [-0.3, -0.25) is 14.3 Å². The van der Waals surface area contributed by atoms with Crippen LogP contribution in [0.1, 0.15) is 54.6 Å². The lowest BCUT2D eigenvalue weighted by Crippen LogP contribution is -2.48. The number of aryl methyl sites for hydroxylation is 2. The topological polar surface area (TPSA) is 95.6 Å². The first-order valence-corrected chi connectivity index (χ1v) is 12.4. The van der Waals surface area contributed by atoms with Gasteiger partial charge in [-0.05, 0) is 75.4 Å². The Kier molecular flexibility index (Phi) is 7.23. The number of rotatable bonds is 7. The second kappa shape index (κ2) is 9.73. The van der Waals surface area contributed by atoms with Gasteiger partial charge in [-0.2, -0.15) is 0 Å². The van der Waals surface area contributed by atoms with Crippen LogP contribution in [0.3, 0.4) is 0 Å². The molecular weight excluding hydrogens is 426 g/mol. The Morgan fingerprint density at radius 3 is 2.62 bits per heavy atom. The molecule has 1 aliphatic heterocycles. The third kappa shape index (κ3) is 5.30. The van der Waals surface area contributed by atoms with Crippen LogP contribution in [0.15, 0.2) is 47.4 Å². The number of nitrogens with zero attached hydrogens (tertiary/aromatic N) is 1. The van der Waals surface area contributed by atoms with E-state index in [0.717, 1.165) is 18.4 Å². The van der Waals surface area contributed by atoms with Gasteiger partial charge in [0.15, 0.2) is 0 Å². The van der Waals surface area contributed by atoms with Crippen molar-refractivity contribution < 1.29 is 18.0 Å². The molecule has 0 saturated carbocycles. The summed E-state index contributed by atoms with van der Waals surface area (Å²) >= 11 is 0. The molecule has 2 aromatic carbocycles. The molecule has 2 aromatic rings. The van der Waals surface area contributed by atoms with Gasteiger partial charge in [0.2, 0.25) is 5.91 Å². The van der Waals surface area contributed by atoms with Gasteiger partial charge in [-0.1, -0.05) is 25.1 Å². The average molecular weight is 458 g/mol. The molecule has 8 heteroatoms. The molecule has 0 bridgehead atoms. The number of anilines is 1. The Morgan fingerprint density at radius 2 is 1.91 bits per heavy atom. The van der Waals surface area contributed by atoms with Crippen LogP contribution in [0.25, 0.3) is 0 Å². The van der Waals surface area contributed by atoms with E-state index in [1.807, 2.05) is 26.8 Å². The van der Waals surface area contributed by atoms with E-state index in [1.54, 1.807) is 42.2 Å². The Hall–Kier alpha value is -2.87. The lowest BCUT2D eigenvalue weighted by atomic mass is 10.1. The summed E-state index contributed by atoms with van der Waals surface area (Å²) in [4.78, 5) is 27.6. The molecule has 2 amide bonds. The van der Waals surface area contributed by atoms with Crippen molar-refractivity contribution in [2.75, 3.05) is 11.3 Å². The number of hydrogen-bond donors (Lipinski definition) is 2. The highest BCUT2D eigenvalue weighted by molar-refractivity contribution is 7.92. The number of carbonyl (C=O) groups is 2. The number of hydrogen-bond acceptors (Lipinski definition) is 4. The summed E-state index contributed by atoms with van der Waals surface area (Å²) in [6.45, 7) is 8.00. The van der Waals surface area contributed by atoms with Crippen LogP contribution in [0.2, 0.25) is 0 Å². The molecule has 0 spiro atoms. The van der Waals surface area contributed by atoms with Crippen LogP contribution in [0.4, 0.5) is 5.69 Å². The second-order valence-corrected chi connectivity index (χ2v) is 10.1. The van der Waals surface area contributed by atoms with Crippen molar-refractivity contribution in [3.8, 4) is 0 Å². The number of likely N-dealkylation sites (tertiary alicyclic amines) is 1. The molecule has 1 saturated heterocycles. The molecule has 1 aliphatic rings. The first kappa shape index (κ1) is 23.8. The predicted molar refractivity (Wildman–Crippen MR) is 125 cm³/mol. The van der Waals surface area contributed by atoms with E-state index in [9.17, 15) is 18.0 Å². The van der Waals surface area contributed by atoms with Crippen molar-refractivity contribution in [2.45, 2.75) is 63.9 Å². The lowest BCUT2D eigenvalue weighted by molar-refractivity contribution is -0.125. The SMILES string of the molecule is CC[C@@H](C)NC(=O)[C@@H]1CCCN1C(=O)c1cccc(NS(=O)(=O)c2cc(C)ccc2C)c1. The minimum absolute atomic E-state index is 0.0443. The fraction of sp³-hybridized carbons (Fsp3) is 0.417. The molecule has 2 N–H and O–H groups in total. The Bertz CT molecular complexity index is 1110. The highest BCUT2D eigenvalue weighted by Gasteiger charge is 2.35. The Morgan fingerprint density at radius 1 is 1.16 bits per heavy atom. The molecule has 7 nitrogen and oxygen atoms in total. The van der Waals surface area contributed by atoms with Crippen LogP contribution in [0, 0.1) is 13.8 Å². The third-order valence-corrected chi connectivity index (χ3v) is 7.34. The maximum Gasteiger partial charge on any atom is 0.262 e. The zero-order valence-corrected chi connectivity index (χ0v) is 19.8. The van der Waals surface area contributed by atoms with E-state index in [-0.39, 0.29) is 22.8 Å². The van der Waals surface area contributed by atoms with E-state index in [2.05, 4.69) is 10.0 Å². The maximum absolute atomic E-state index is 13.2. The van der Waals surface area contributed by atoms with E-state index in [0.29, 0.717) is 29.8 Å². The second-order valence-electron chi connectivity index (χ2n) is 8.43. The largest absolute Gasteiger partial charge is 0.352 e. The highest BCUT2D eigenvalue weighted by Crippen LogP contribution is 2.24. The van der Waals surface area contributed by atoms with Crippen molar-refractivity contribution in [3.05, 3.63) is 59.2 Å². The van der Waals surface area contributed by atoms with Gasteiger partial charge >= 0.3 is 0 Å². The summed E-state index contributed by atoms with van der Waals surface area (Å²) in [5.74, 6) is -0.420. The van der Waals surface area contributed by atoms with Gasteiger partial charge in [-0.25, -0.2) is 8.42 Å². The van der Waals surface area contributed by atoms with Crippen molar-refractivity contribution >= 4 is 27.5 Å². The van der Waals surface area contributed by atoms with Crippen molar-refractivity contribution in [3.63, 3.8) is 0 Å². The van der Waals surface area contributed by atoms with Crippen molar-refractivity contribution in [2.24, 2.45) is 0 Å². The zero-order valence-electron chi connectivity index (χ0n) is 19.0. The molecule has 3 rings (SSSR count). The molecule has 0 radical (unpaired) electrons. The number of carbonyl (C=O) groups excluding carboxylic acids is 2. The minimum atomic E-state index is -3.81. The van der Waals surface area contributed by atoms with Crippen molar-refractivity contribution in [1.29, 1.82) is 0 Å². The van der Waals surface area contributed by atoms with Gasteiger partial charge in [0, 0.05) is 23.8 Å². The van der Waals surface area contributed by atoms with Gasteiger partial charge in [0.05, 0.1) is 4.90 Å². The molecule has 2 atom stereocenters. The first-order valence-electron chi connectivity index (χ1n) is 10.9. The maximum atomic E-state index is 13.2.